The molecule has 3 N–H and O–H groups in total. The maximum absolute atomic E-state index is 11.2. The Labute approximate surface area is 99.9 Å². The van der Waals surface area contributed by atoms with E-state index in [0.717, 1.165) is 5.56 Å². The molecule has 5 heteroatoms. The lowest BCUT2D eigenvalue weighted by Gasteiger charge is -2.07. The molecule has 1 rings (SSSR count). The number of ether oxygens (including phenoxy) is 1. The molecular weight excluding hydrogens is 220 g/mol. The third-order valence-electron chi connectivity index (χ3n) is 2.13. The molecule has 0 heterocycles. The number of aldehydes is 1. The second kappa shape index (κ2) is 7.40. The van der Waals surface area contributed by atoms with Crippen LogP contribution in [0.1, 0.15) is 12.0 Å². The molecule has 92 valence electrons. The van der Waals surface area contributed by atoms with Gasteiger partial charge < -0.3 is 20.6 Å². The van der Waals surface area contributed by atoms with Crippen LogP contribution in [-0.2, 0) is 16.1 Å². The second-order valence-corrected chi connectivity index (χ2v) is 3.58. The van der Waals surface area contributed by atoms with E-state index < -0.39 is 12.1 Å². The maximum atomic E-state index is 11.2. The lowest BCUT2D eigenvalue weighted by molar-refractivity contribution is -0.109. The minimum Gasteiger partial charge on any atom is -0.445 e. The van der Waals surface area contributed by atoms with Gasteiger partial charge in [-0.25, -0.2) is 4.79 Å². The zero-order chi connectivity index (χ0) is 12.5. The van der Waals surface area contributed by atoms with Crippen LogP contribution in [0.5, 0.6) is 0 Å². The number of hydrogen-bond donors (Lipinski definition) is 2. The van der Waals surface area contributed by atoms with Crippen molar-refractivity contribution < 1.29 is 14.3 Å². The van der Waals surface area contributed by atoms with Crippen molar-refractivity contribution >= 4 is 12.4 Å². The van der Waals surface area contributed by atoms with Gasteiger partial charge in [0.25, 0.3) is 0 Å². The molecule has 0 aromatic heterocycles. The van der Waals surface area contributed by atoms with Crippen molar-refractivity contribution in [2.45, 2.75) is 19.1 Å². The monoisotopic (exact) mass is 236 g/mol. The van der Waals surface area contributed by atoms with Crippen molar-refractivity contribution in [3.63, 3.8) is 0 Å². The predicted molar refractivity (Wildman–Crippen MR) is 63.3 cm³/mol. The molecule has 5 nitrogen and oxygen atoms in total. The third-order valence-corrected chi connectivity index (χ3v) is 2.13. The van der Waals surface area contributed by atoms with Gasteiger partial charge in [0.15, 0.2) is 0 Å². The van der Waals surface area contributed by atoms with Crippen molar-refractivity contribution in [2.75, 3.05) is 6.54 Å². The van der Waals surface area contributed by atoms with Crippen molar-refractivity contribution in [1.82, 2.24) is 5.32 Å². The third kappa shape index (κ3) is 5.67. The molecule has 1 atom stereocenters. The summed E-state index contributed by atoms with van der Waals surface area (Å²) in [4.78, 5) is 21.4. The van der Waals surface area contributed by atoms with Crippen LogP contribution in [-0.4, -0.2) is 25.0 Å². The highest BCUT2D eigenvalue weighted by Crippen LogP contribution is 2.00. The van der Waals surface area contributed by atoms with Crippen LogP contribution in [0.2, 0.25) is 0 Å². The van der Waals surface area contributed by atoms with Gasteiger partial charge >= 0.3 is 6.09 Å². The molecule has 0 aliphatic heterocycles. The van der Waals surface area contributed by atoms with Crippen LogP contribution in [0, 0.1) is 0 Å². The van der Waals surface area contributed by atoms with Crippen LogP contribution in [0.15, 0.2) is 30.3 Å². The van der Waals surface area contributed by atoms with Gasteiger partial charge in [0.05, 0.1) is 6.04 Å². The number of nitrogens with one attached hydrogen (secondary N) is 1. The Kier molecular flexibility index (Phi) is 5.74. The predicted octanol–water partition coefficient (Wildman–Crippen LogP) is 0.829. The number of alkyl carbamates (subject to hydrolysis) is 1. The van der Waals surface area contributed by atoms with Gasteiger partial charge in [0, 0.05) is 6.54 Å². The van der Waals surface area contributed by atoms with Gasteiger partial charge in [0.2, 0.25) is 0 Å². The van der Waals surface area contributed by atoms with E-state index in [1.165, 1.54) is 0 Å². The minimum atomic E-state index is -0.538. The number of carbonyl (C=O) groups is 2. The van der Waals surface area contributed by atoms with E-state index in [1.54, 1.807) is 0 Å². The molecule has 1 amide bonds. The molecule has 1 aromatic carbocycles. The molecule has 0 aliphatic rings. The van der Waals surface area contributed by atoms with Crippen LogP contribution >= 0.6 is 0 Å². The van der Waals surface area contributed by atoms with Gasteiger partial charge in [-0.15, -0.1) is 0 Å². The van der Waals surface area contributed by atoms with Gasteiger partial charge in [-0.2, -0.15) is 0 Å². The summed E-state index contributed by atoms with van der Waals surface area (Å²) in [6, 6.07) is 8.85. The van der Waals surface area contributed by atoms with Crippen LogP contribution in [0.3, 0.4) is 0 Å². The summed E-state index contributed by atoms with van der Waals surface area (Å²) in [5.74, 6) is 0. The molecule has 0 saturated carbocycles. The Morgan fingerprint density at radius 2 is 2.12 bits per heavy atom. The summed E-state index contributed by atoms with van der Waals surface area (Å²) in [5, 5.41) is 2.52. The van der Waals surface area contributed by atoms with E-state index in [9.17, 15) is 9.59 Å². The van der Waals surface area contributed by atoms with Crippen molar-refractivity contribution in [1.29, 1.82) is 0 Å². The minimum absolute atomic E-state index is 0.229. The molecule has 0 unspecified atom stereocenters. The summed E-state index contributed by atoms with van der Waals surface area (Å²) >= 11 is 0. The fourth-order valence-electron chi connectivity index (χ4n) is 1.18. The molecular formula is C12H16N2O3. The van der Waals surface area contributed by atoms with Crippen LogP contribution in [0.25, 0.3) is 0 Å². The first-order valence-electron chi connectivity index (χ1n) is 5.38. The van der Waals surface area contributed by atoms with E-state index in [2.05, 4.69) is 5.32 Å². The molecule has 0 spiro atoms. The fourth-order valence-corrected chi connectivity index (χ4v) is 1.18. The topological polar surface area (TPSA) is 81.4 Å². The summed E-state index contributed by atoms with van der Waals surface area (Å²) in [7, 11) is 0. The highest BCUT2D eigenvalue weighted by Gasteiger charge is 2.04. The van der Waals surface area contributed by atoms with E-state index in [1.807, 2.05) is 30.3 Å². The molecule has 0 fully saturated rings. The quantitative estimate of drug-likeness (QED) is 0.717. The molecule has 17 heavy (non-hydrogen) atoms. The SMILES string of the molecule is N[C@H](C=O)CCNC(=O)OCc1ccccc1. The Bertz CT molecular complexity index is 354. The van der Waals surface area contributed by atoms with E-state index >= 15 is 0 Å². The molecule has 0 aliphatic carbocycles. The highest BCUT2D eigenvalue weighted by atomic mass is 16.5. The highest BCUT2D eigenvalue weighted by molar-refractivity contribution is 5.67. The average molecular weight is 236 g/mol. The number of carbonyl (C=O) groups excluding carboxylic acids is 2. The molecule has 0 radical (unpaired) electrons. The van der Waals surface area contributed by atoms with Crippen molar-refractivity contribution in [3.05, 3.63) is 35.9 Å². The summed E-state index contributed by atoms with van der Waals surface area (Å²) in [6.45, 7) is 0.555. The Morgan fingerprint density at radius 3 is 2.76 bits per heavy atom. The second-order valence-electron chi connectivity index (χ2n) is 3.58. The van der Waals surface area contributed by atoms with E-state index in [-0.39, 0.29) is 6.61 Å². The Balaban J connectivity index is 2.15. The molecule has 0 saturated heterocycles. The van der Waals surface area contributed by atoms with E-state index in [0.29, 0.717) is 19.3 Å². The van der Waals surface area contributed by atoms with Crippen LogP contribution in [0.4, 0.5) is 4.79 Å². The number of benzene rings is 1. The number of amides is 1. The van der Waals surface area contributed by atoms with E-state index in [4.69, 9.17) is 10.5 Å². The largest absolute Gasteiger partial charge is 0.445 e. The first-order valence-corrected chi connectivity index (χ1v) is 5.38. The number of rotatable bonds is 6. The van der Waals surface area contributed by atoms with Gasteiger partial charge in [-0.3, -0.25) is 0 Å². The fraction of sp³-hybridized carbons (Fsp3) is 0.333. The lowest BCUT2D eigenvalue weighted by atomic mass is 10.2. The van der Waals surface area contributed by atoms with Gasteiger partial charge in [-0.1, -0.05) is 30.3 Å². The van der Waals surface area contributed by atoms with Crippen molar-refractivity contribution in [2.24, 2.45) is 5.73 Å². The maximum Gasteiger partial charge on any atom is 0.407 e. The first kappa shape index (κ1) is 13.2. The van der Waals surface area contributed by atoms with Gasteiger partial charge in [-0.05, 0) is 12.0 Å². The lowest BCUT2D eigenvalue weighted by Crippen LogP contribution is -2.31. The zero-order valence-corrected chi connectivity index (χ0v) is 9.46. The molecule has 0 bridgehead atoms. The summed E-state index contributed by atoms with van der Waals surface area (Å²) in [6.07, 6.45) is 0.549. The zero-order valence-electron chi connectivity index (χ0n) is 9.46. The van der Waals surface area contributed by atoms with Crippen molar-refractivity contribution in [3.8, 4) is 0 Å². The number of nitrogens with two attached hydrogens (primary N) is 1. The standard InChI is InChI=1S/C12H16N2O3/c13-11(8-15)6-7-14-12(16)17-9-10-4-2-1-3-5-10/h1-5,8,11H,6-7,9,13H2,(H,14,16)/t11-/m0/s1. The molecule has 1 aromatic rings. The summed E-state index contributed by atoms with van der Waals surface area (Å²) < 4.78 is 4.96. The Hall–Kier alpha value is -1.88. The van der Waals surface area contributed by atoms with Crippen LogP contribution < -0.4 is 11.1 Å². The average Bonchev–Trinajstić information content (AvgIpc) is 2.37. The van der Waals surface area contributed by atoms with Gasteiger partial charge in [0.1, 0.15) is 12.9 Å². The number of hydrogen-bond acceptors (Lipinski definition) is 4. The smallest absolute Gasteiger partial charge is 0.407 e. The first-order chi connectivity index (χ1) is 8.22. The Morgan fingerprint density at radius 1 is 1.41 bits per heavy atom. The summed E-state index contributed by atoms with van der Waals surface area (Å²) in [5.41, 5.74) is 6.29. The normalized spacial score (nSPS) is 11.6.